The van der Waals surface area contributed by atoms with Crippen molar-refractivity contribution in [3.63, 3.8) is 0 Å². The number of rotatable bonds is 9. The predicted octanol–water partition coefficient (Wildman–Crippen LogP) is 4.45. The largest absolute Gasteiger partial charge is 0.345 e. The minimum absolute atomic E-state index is 0.115. The molecule has 3 rings (SSSR count). The monoisotopic (exact) mass is 436 g/mol. The van der Waals surface area contributed by atoms with E-state index in [4.69, 9.17) is 0 Å². The summed E-state index contributed by atoms with van der Waals surface area (Å²) < 4.78 is 25.9. The van der Waals surface area contributed by atoms with Crippen molar-refractivity contribution in [2.24, 2.45) is 0 Å². The number of hydrogen-bond donors (Lipinski definition) is 1. The highest BCUT2D eigenvalue weighted by molar-refractivity contribution is 7.92. The third kappa shape index (κ3) is 6.43. The fourth-order valence-electron chi connectivity index (χ4n) is 3.54. The molecular formula is C25H28N2O3S. The first kappa shape index (κ1) is 22.6. The second-order valence-electron chi connectivity index (χ2n) is 7.60. The zero-order chi connectivity index (χ0) is 22.3. The minimum atomic E-state index is -3.44. The molecule has 5 nitrogen and oxygen atoms in total. The van der Waals surface area contributed by atoms with Crippen molar-refractivity contribution in [1.82, 2.24) is 5.32 Å². The Morgan fingerprint density at radius 3 is 2.00 bits per heavy atom. The average molecular weight is 437 g/mol. The molecule has 0 aliphatic heterocycles. The van der Waals surface area contributed by atoms with Crippen LogP contribution in [0.5, 0.6) is 0 Å². The highest BCUT2D eigenvalue weighted by atomic mass is 32.2. The fourth-order valence-corrected chi connectivity index (χ4v) is 4.49. The van der Waals surface area contributed by atoms with Crippen molar-refractivity contribution in [3.8, 4) is 0 Å². The number of carbonyl (C=O) groups is 1. The first-order valence-corrected chi connectivity index (χ1v) is 12.1. The van der Waals surface area contributed by atoms with Crippen LogP contribution in [-0.2, 0) is 14.8 Å². The van der Waals surface area contributed by atoms with Gasteiger partial charge >= 0.3 is 0 Å². The zero-order valence-electron chi connectivity index (χ0n) is 17.9. The SMILES string of the molecule is Cc1cccc(N(CCCC(=O)NC(c2ccccc2)c2ccccc2)S(C)(=O)=O)c1. The number of benzene rings is 3. The Kier molecular flexibility index (Phi) is 7.47. The Balaban J connectivity index is 1.67. The summed E-state index contributed by atoms with van der Waals surface area (Å²) in [5.41, 5.74) is 3.60. The molecule has 0 spiro atoms. The number of carbonyl (C=O) groups excluding carboxylic acids is 1. The smallest absolute Gasteiger partial charge is 0.232 e. The van der Waals surface area contributed by atoms with Gasteiger partial charge in [0, 0.05) is 13.0 Å². The predicted molar refractivity (Wildman–Crippen MR) is 125 cm³/mol. The normalized spacial score (nSPS) is 11.3. The quantitative estimate of drug-likeness (QED) is 0.539. The summed E-state index contributed by atoms with van der Waals surface area (Å²) in [6.45, 7) is 2.17. The lowest BCUT2D eigenvalue weighted by Crippen LogP contribution is -2.33. The van der Waals surface area contributed by atoms with Crippen LogP contribution in [0.3, 0.4) is 0 Å². The van der Waals surface area contributed by atoms with E-state index in [0.717, 1.165) is 16.7 Å². The van der Waals surface area contributed by atoms with Crippen LogP contribution in [0, 0.1) is 6.92 Å². The summed E-state index contributed by atoms with van der Waals surface area (Å²) in [6, 6.07) is 26.7. The van der Waals surface area contributed by atoms with E-state index < -0.39 is 10.0 Å². The standard InChI is InChI=1S/C25H28N2O3S/c1-20-11-9-16-23(19-20)27(31(2,29)30)18-10-17-24(28)26-25(21-12-5-3-6-13-21)22-14-7-4-8-15-22/h3-9,11-16,19,25H,10,17-18H2,1-2H3,(H,26,28). The highest BCUT2D eigenvalue weighted by Crippen LogP contribution is 2.23. The van der Waals surface area contributed by atoms with Crippen LogP contribution in [-0.4, -0.2) is 27.1 Å². The van der Waals surface area contributed by atoms with Crippen molar-refractivity contribution >= 4 is 21.6 Å². The van der Waals surface area contributed by atoms with Crippen molar-refractivity contribution in [3.05, 3.63) is 102 Å². The van der Waals surface area contributed by atoms with E-state index in [9.17, 15) is 13.2 Å². The number of hydrogen-bond acceptors (Lipinski definition) is 3. The topological polar surface area (TPSA) is 66.5 Å². The number of aryl methyl sites for hydroxylation is 1. The maximum atomic E-state index is 12.7. The van der Waals surface area contributed by atoms with Crippen LogP contribution in [0.15, 0.2) is 84.9 Å². The molecule has 162 valence electrons. The molecule has 0 radical (unpaired) electrons. The van der Waals surface area contributed by atoms with Gasteiger partial charge in [-0.25, -0.2) is 8.42 Å². The summed E-state index contributed by atoms with van der Waals surface area (Å²) in [4.78, 5) is 12.7. The Hall–Kier alpha value is -3.12. The molecule has 0 bridgehead atoms. The molecule has 0 saturated heterocycles. The van der Waals surface area contributed by atoms with Gasteiger partial charge < -0.3 is 5.32 Å². The van der Waals surface area contributed by atoms with Gasteiger partial charge in [0.1, 0.15) is 0 Å². The van der Waals surface area contributed by atoms with Gasteiger partial charge in [0.05, 0.1) is 18.0 Å². The Bertz CT molecular complexity index is 1060. The van der Waals surface area contributed by atoms with E-state index in [-0.39, 0.29) is 24.9 Å². The molecule has 0 aliphatic rings. The van der Waals surface area contributed by atoms with E-state index in [2.05, 4.69) is 5.32 Å². The zero-order valence-corrected chi connectivity index (χ0v) is 18.7. The van der Waals surface area contributed by atoms with Gasteiger partial charge in [0.2, 0.25) is 15.9 Å². The number of amides is 1. The number of sulfonamides is 1. The summed E-state index contributed by atoms with van der Waals surface area (Å²) in [6.07, 6.45) is 1.84. The second-order valence-corrected chi connectivity index (χ2v) is 9.51. The Morgan fingerprint density at radius 1 is 0.903 bits per heavy atom. The minimum Gasteiger partial charge on any atom is -0.345 e. The molecule has 0 atom stereocenters. The number of anilines is 1. The van der Waals surface area contributed by atoms with Crippen molar-refractivity contribution in [2.45, 2.75) is 25.8 Å². The molecule has 31 heavy (non-hydrogen) atoms. The fraction of sp³-hybridized carbons (Fsp3) is 0.240. The van der Waals surface area contributed by atoms with Gasteiger partial charge in [-0.3, -0.25) is 9.10 Å². The lowest BCUT2D eigenvalue weighted by molar-refractivity contribution is -0.121. The van der Waals surface area contributed by atoms with Crippen molar-refractivity contribution < 1.29 is 13.2 Å². The molecule has 3 aromatic carbocycles. The molecule has 6 heteroatoms. The molecule has 1 amide bonds. The van der Waals surface area contributed by atoms with E-state index >= 15 is 0 Å². The molecule has 0 aromatic heterocycles. The first-order chi connectivity index (χ1) is 14.8. The van der Waals surface area contributed by atoms with Gasteiger partial charge in [0.15, 0.2) is 0 Å². The molecular weight excluding hydrogens is 408 g/mol. The molecule has 0 fully saturated rings. The van der Waals surface area contributed by atoms with Crippen LogP contribution < -0.4 is 9.62 Å². The summed E-state index contributed by atoms with van der Waals surface area (Å²) in [7, 11) is -3.44. The van der Waals surface area contributed by atoms with Gasteiger partial charge in [-0.05, 0) is 42.2 Å². The Morgan fingerprint density at radius 2 is 1.48 bits per heavy atom. The molecule has 1 N–H and O–H groups in total. The van der Waals surface area contributed by atoms with Crippen LogP contribution in [0.1, 0.15) is 35.6 Å². The van der Waals surface area contributed by atoms with Crippen LogP contribution in [0.2, 0.25) is 0 Å². The van der Waals surface area contributed by atoms with Gasteiger partial charge in [0.25, 0.3) is 0 Å². The third-order valence-electron chi connectivity index (χ3n) is 5.03. The Labute approximate surface area is 184 Å². The molecule has 3 aromatic rings. The molecule has 0 heterocycles. The number of nitrogens with zero attached hydrogens (tertiary/aromatic N) is 1. The molecule has 0 saturated carbocycles. The van der Waals surface area contributed by atoms with Gasteiger partial charge in [-0.15, -0.1) is 0 Å². The first-order valence-electron chi connectivity index (χ1n) is 10.3. The molecule has 0 unspecified atom stereocenters. The van der Waals surface area contributed by atoms with Gasteiger partial charge in [-0.1, -0.05) is 72.8 Å². The second kappa shape index (κ2) is 10.3. The summed E-state index contributed by atoms with van der Waals surface area (Å²) in [5.74, 6) is -0.115. The van der Waals surface area contributed by atoms with E-state index in [1.54, 1.807) is 6.07 Å². The summed E-state index contributed by atoms with van der Waals surface area (Å²) in [5, 5.41) is 3.10. The van der Waals surface area contributed by atoms with Crippen LogP contribution >= 0.6 is 0 Å². The van der Waals surface area contributed by atoms with Crippen LogP contribution in [0.25, 0.3) is 0 Å². The lowest BCUT2D eigenvalue weighted by Gasteiger charge is -2.23. The highest BCUT2D eigenvalue weighted by Gasteiger charge is 2.19. The third-order valence-corrected chi connectivity index (χ3v) is 6.22. The maximum Gasteiger partial charge on any atom is 0.232 e. The van der Waals surface area contributed by atoms with Crippen molar-refractivity contribution in [2.75, 3.05) is 17.1 Å². The van der Waals surface area contributed by atoms with E-state index in [1.165, 1.54) is 10.6 Å². The van der Waals surface area contributed by atoms with E-state index in [1.807, 2.05) is 85.8 Å². The lowest BCUT2D eigenvalue weighted by atomic mass is 9.98. The maximum absolute atomic E-state index is 12.7. The average Bonchev–Trinajstić information content (AvgIpc) is 2.75. The van der Waals surface area contributed by atoms with Crippen molar-refractivity contribution in [1.29, 1.82) is 0 Å². The number of nitrogens with one attached hydrogen (secondary N) is 1. The van der Waals surface area contributed by atoms with Gasteiger partial charge in [-0.2, -0.15) is 0 Å². The van der Waals surface area contributed by atoms with Crippen LogP contribution in [0.4, 0.5) is 5.69 Å². The summed E-state index contributed by atoms with van der Waals surface area (Å²) >= 11 is 0. The van der Waals surface area contributed by atoms with E-state index in [0.29, 0.717) is 12.1 Å². The molecule has 0 aliphatic carbocycles.